The lowest BCUT2D eigenvalue weighted by Crippen LogP contribution is -2.33. The predicted molar refractivity (Wildman–Crippen MR) is 223 cm³/mol. The van der Waals surface area contributed by atoms with Crippen molar-refractivity contribution in [2.24, 2.45) is 0 Å². The smallest absolute Gasteiger partial charge is 0.0549 e. The Hall–Kier alpha value is -5.86. The second-order valence-corrected chi connectivity index (χ2v) is 16.4. The molecule has 2 heteroatoms. The molecule has 0 fully saturated rings. The van der Waals surface area contributed by atoms with Crippen molar-refractivity contribution in [1.29, 1.82) is 0 Å². The first-order valence-corrected chi connectivity index (χ1v) is 18.7. The van der Waals surface area contributed by atoms with E-state index in [2.05, 4.69) is 182 Å². The fourth-order valence-electron chi connectivity index (χ4n) is 9.62. The van der Waals surface area contributed by atoms with Crippen molar-refractivity contribution in [3.63, 3.8) is 0 Å². The van der Waals surface area contributed by atoms with Gasteiger partial charge in [-0.15, -0.1) is 0 Å². The van der Waals surface area contributed by atoms with Crippen molar-refractivity contribution in [2.75, 3.05) is 0 Å². The molecule has 250 valence electrons. The van der Waals surface area contributed by atoms with Crippen LogP contribution in [-0.2, 0) is 10.8 Å². The van der Waals surface area contributed by atoms with Crippen LogP contribution in [-0.4, -0.2) is 9.13 Å². The van der Waals surface area contributed by atoms with Gasteiger partial charge >= 0.3 is 0 Å². The van der Waals surface area contributed by atoms with Crippen LogP contribution >= 0.6 is 0 Å². The third-order valence-electron chi connectivity index (χ3n) is 12.5. The van der Waals surface area contributed by atoms with Crippen molar-refractivity contribution in [3.05, 3.63) is 157 Å². The minimum absolute atomic E-state index is 0.101. The average Bonchev–Trinajstić information content (AvgIpc) is 3.67. The zero-order chi connectivity index (χ0) is 34.9. The highest BCUT2D eigenvalue weighted by molar-refractivity contribution is 6.25. The minimum Gasteiger partial charge on any atom is -0.309 e. The van der Waals surface area contributed by atoms with Crippen molar-refractivity contribution in [3.8, 4) is 11.4 Å². The quantitative estimate of drug-likeness (QED) is 0.162. The van der Waals surface area contributed by atoms with E-state index in [1.807, 2.05) is 0 Å². The zero-order valence-electron chi connectivity index (χ0n) is 30.2. The Morgan fingerprint density at radius 3 is 1.65 bits per heavy atom. The number of para-hydroxylation sites is 1. The molecular weight excluding hydrogens is 629 g/mol. The Morgan fingerprint density at radius 1 is 0.365 bits per heavy atom. The summed E-state index contributed by atoms with van der Waals surface area (Å²) in [7, 11) is 0. The Bertz CT molecular complexity index is 3110. The second-order valence-electron chi connectivity index (χ2n) is 16.4. The van der Waals surface area contributed by atoms with Gasteiger partial charge in [0.1, 0.15) is 0 Å². The van der Waals surface area contributed by atoms with Gasteiger partial charge in [0.15, 0.2) is 0 Å². The van der Waals surface area contributed by atoms with Crippen LogP contribution in [0.4, 0.5) is 0 Å². The van der Waals surface area contributed by atoms with Gasteiger partial charge in [0.25, 0.3) is 0 Å². The van der Waals surface area contributed by atoms with E-state index in [0.717, 1.165) is 0 Å². The van der Waals surface area contributed by atoms with E-state index in [0.29, 0.717) is 0 Å². The summed E-state index contributed by atoms with van der Waals surface area (Å²) in [4.78, 5) is 0. The van der Waals surface area contributed by atoms with E-state index in [-0.39, 0.29) is 10.8 Å². The molecule has 0 spiro atoms. The molecule has 10 aromatic rings. The van der Waals surface area contributed by atoms with Gasteiger partial charge in [0.05, 0.1) is 22.1 Å². The summed E-state index contributed by atoms with van der Waals surface area (Å²) in [5.74, 6) is 0. The van der Waals surface area contributed by atoms with E-state index < -0.39 is 0 Å². The molecule has 2 heterocycles. The predicted octanol–water partition coefficient (Wildman–Crippen LogP) is 13.7. The molecule has 2 nitrogen and oxygen atoms in total. The SMILES string of the molecule is CC1(C)CCC(C)(C)c2cc3c(cc21)c1cc2c(cc1n3-c1ccc3ccc4ccccc4c3c1)c1c3ccccc3ccc1n2-c1ccccc1. The number of hydrogen-bond acceptors (Lipinski definition) is 0. The molecule has 52 heavy (non-hydrogen) atoms. The molecule has 0 atom stereocenters. The first-order valence-electron chi connectivity index (χ1n) is 18.7. The van der Waals surface area contributed by atoms with Gasteiger partial charge < -0.3 is 9.13 Å². The highest BCUT2D eigenvalue weighted by Crippen LogP contribution is 2.49. The molecule has 1 aliphatic carbocycles. The highest BCUT2D eigenvalue weighted by Gasteiger charge is 2.38. The van der Waals surface area contributed by atoms with Gasteiger partial charge in [0, 0.05) is 32.9 Å². The van der Waals surface area contributed by atoms with Gasteiger partial charge in [-0.1, -0.05) is 119 Å². The van der Waals surface area contributed by atoms with Crippen LogP contribution in [0.2, 0.25) is 0 Å². The molecule has 8 aromatic carbocycles. The lowest BCUT2D eigenvalue weighted by atomic mass is 9.63. The average molecular weight is 669 g/mol. The zero-order valence-corrected chi connectivity index (χ0v) is 30.2. The lowest BCUT2D eigenvalue weighted by molar-refractivity contribution is 0.332. The molecule has 0 saturated carbocycles. The number of rotatable bonds is 2. The topological polar surface area (TPSA) is 9.86 Å². The number of nitrogens with zero attached hydrogens (tertiary/aromatic N) is 2. The third-order valence-corrected chi connectivity index (χ3v) is 12.5. The van der Waals surface area contributed by atoms with Crippen LogP contribution in [0.15, 0.2) is 146 Å². The molecule has 0 N–H and O–H groups in total. The lowest BCUT2D eigenvalue weighted by Gasteiger charge is -2.42. The molecule has 0 saturated heterocycles. The van der Waals surface area contributed by atoms with Crippen molar-refractivity contribution in [2.45, 2.75) is 51.4 Å². The largest absolute Gasteiger partial charge is 0.309 e. The van der Waals surface area contributed by atoms with E-state index >= 15 is 0 Å². The van der Waals surface area contributed by atoms with Crippen molar-refractivity contribution in [1.82, 2.24) is 9.13 Å². The monoisotopic (exact) mass is 668 g/mol. The number of fused-ring (bicyclic) bond motifs is 12. The summed E-state index contributed by atoms with van der Waals surface area (Å²) in [5, 5.41) is 12.9. The Morgan fingerprint density at radius 2 is 0.885 bits per heavy atom. The van der Waals surface area contributed by atoms with Gasteiger partial charge in [-0.3, -0.25) is 0 Å². The summed E-state index contributed by atoms with van der Waals surface area (Å²) in [5.41, 5.74) is 10.6. The highest BCUT2D eigenvalue weighted by atomic mass is 15.0. The first kappa shape index (κ1) is 29.8. The maximum Gasteiger partial charge on any atom is 0.0549 e. The van der Waals surface area contributed by atoms with Crippen LogP contribution in [0.3, 0.4) is 0 Å². The van der Waals surface area contributed by atoms with Crippen LogP contribution in [0.25, 0.3) is 87.3 Å². The fourth-order valence-corrected chi connectivity index (χ4v) is 9.62. The maximum atomic E-state index is 2.57. The van der Waals surface area contributed by atoms with Crippen LogP contribution in [0.1, 0.15) is 51.7 Å². The Balaban J connectivity index is 1.35. The summed E-state index contributed by atoms with van der Waals surface area (Å²) in [6.07, 6.45) is 2.37. The molecule has 0 amide bonds. The molecule has 1 aliphatic rings. The second kappa shape index (κ2) is 10.4. The van der Waals surface area contributed by atoms with Crippen molar-refractivity contribution < 1.29 is 0 Å². The normalized spacial score (nSPS) is 15.5. The van der Waals surface area contributed by atoms with Gasteiger partial charge in [-0.2, -0.15) is 0 Å². The van der Waals surface area contributed by atoms with Crippen LogP contribution < -0.4 is 0 Å². The molecule has 11 rings (SSSR count). The summed E-state index contributed by atoms with van der Waals surface area (Å²) in [6, 6.07) is 54.8. The Kier molecular flexibility index (Phi) is 5.94. The Labute approximate surface area is 303 Å². The molecular formula is C50H40N2. The summed E-state index contributed by atoms with van der Waals surface area (Å²) >= 11 is 0. The molecule has 0 radical (unpaired) electrons. The molecule has 0 bridgehead atoms. The maximum absolute atomic E-state index is 2.57. The van der Waals surface area contributed by atoms with Gasteiger partial charge in [0.2, 0.25) is 0 Å². The van der Waals surface area contributed by atoms with Crippen LogP contribution in [0.5, 0.6) is 0 Å². The third kappa shape index (κ3) is 4.07. The first-order chi connectivity index (χ1) is 25.3. The summed E-state index contributed by atoms with van der Waals surface area (Å²) < 4.78 is 5.05. The van der Waals surface area contributed by atoms with Gasteiger partial charge in [-0.25, -0.2) is 0 Å². The van der Waals surface area contributed by atoms with Crippen molar-refractivity contribution >= 4 is 75.9 Å². The number of aromatic nitrogens is 2. The van der Waals surface area contributed by atoms with Gasteiger partial charge in [-0.05, 0) is 122 Å². The standard InChI is InChI=1S/C50H40N2/c1-49(2)24-25-50(3,4)43-30-47-39(27-42(43)49)40-28-46-41(48-37-17-11-9-13-32(37)21-23-44(48)51(46)34-14-6-5-7-15-34)29-45(40)52(47)35-22-20-33-19-18-31-12-8-10-16-36(31)38(33)26-35/h5-23,26-30H,24-25H2,1-4H3. The van der Waals surface area contributed by atoms with E-state index in [1.165, 1.54) is 111 Å². The summed E-state index contributed by atoms with van der Waals surface area (Å²) in [6.45, 7) is 9.76. The number of hydrogen-bond donors (Lipinski definition) is 0. The molecule has 2 aromatic heterocycles. The van der Waals surface area contributed by atoms with E-state index in [4.69, 9.17) is 0 Å². The molecule has 0 unspecified atom stereocenters. The molecule has 0 aliphatic heterocycles. The fraction of sp³-hybridized carbons (Fsp3) is 0.160. The van der Waals surface area contributed by atoms with Crippen LogP contribution in [0, 0.1) is 0 Å². The van der Waals surface area contributed by atoms with E-state index in [9.17, 15) is 0 Å². The number of benzene rings is 8. The van der Waals surface area contributed by atoms with E-state index in [1.54, 1.807) is 0 Å². The minimum atomic E-state index is 0.101.